The summed E-state index contributed by atoms with van der Waals surface area (Å²) in [6.45, 7) is 2.68. The minimum atomic E-state index is -0.416. The summed E-state index contributed by atoms with van der Waals surface area (Å²) in [5, 5.41) is 3.24. The first-order chi connectivity index (χ1) is 14.7. The lowest BCUT2D eigenvalue weighted by molar-refractivity contribution is -0.122. The number of halogens is 1. The third-order valence-electron chi connectivity index (χ3n) is 5.63. The van der Waals surface area contributed by atoms with Crippen molar-refractivity contribution in [1.29, 1.82) is 0 Å². The molecule has 4 nitrogen and oxygen atoms in total. The van der Waals surface area contributed by atoms with Crippen LogP contribution in [0.5, 0.6) is 0 Å². The zero-order chi connectivity index (χ0) is 20.8. The monoisotopic (exact) mass is 403 g/mol. The number of likely N-dealkylation sites (tertiary alicyclic amines) is 1. The Morgan fingerprint density at radius 1 is 1.07 bits per heavy atom. The van der Waals surface area contributed by atoms with E-state index in [1.54, 1.807) is 6.20 Å². The van der Waals surface area contributed by atoms with Crippen LogP contribution in [0.4, 0.5) is 4.39 Å². The highest BCUT2D eigenvalue weighted by molar-refractivity contribution is 5.86. The van der Waals surface area contributed by atoms with Gasteiger partial charge in [-0.1, -0.05) is 48.5 Å². The largest absolute Gasteiger partial charge is 0.351 e. The summed E-state index contributed by atoms with van der Waals surface area (Å²) in [6.07, 6.45) is 3.53. The van der Waals surface area contributed by atoms with Gasteiger partial charge in [0, 0.05) is 31.9 Å². The predicted octanol–water partition coefficient (Wildman–Crippen LogP) is 3.79. The van der Waals surface area contributed by atoms with Crippen molar-refractivity contribution in [1.82, 2.24) is 15.2 Å². The van der Waals surface area contributed by atoms with Gasteiger partial charge in [0.05, 0.1) is 5.69 Å². The van der Waals surface area contributed by atoms with Gasteiger partial charge in [0.15, 0.2) is 0 Å². The molecule has 1 aliphatic heterocycles. The molecule has 1 saturated heterocycles. The number of carbonyl (C=O) groups is 1. The number of aromatic nitrogens is 1. The van der Waals surface area contributed by atoms with Gasteiger partial charge in [-0.2, -0.15) is 0 Å². The number of carbonyl (C=O) groups excluding carboxylic acids is 1. The minimum Gasteiger partial charge on any atom is -0.351 e. The first kappa shape index (κ1) is 20.2. The van der Waals surface area contributed by atoms with Gasteiger partial charge in [-0.25, -0.2) is 4.39 Å². The van der Waals surface area contributed by atoms with E-state index in [0.717, 1.165) is 49.3 Å². The van der Waals surface area contributed by atoms with E-state index in [9.17, 15) is 9.18 Å². The lowest BCUT2D eigenvalue weighted by Gasteiger charge is -2.21. The average molecular weight is 404 g/mol. The lowest BCUT2D eigenvalue weighted by atomic mass is 9.94. The van der Waals surface area contributed by atoms with Crippen molar-refractivity contribution >= 4 is 5.91 Å². The van der Waals surface area contributed by atoms with E-state index in [1.807, 2.05) is 60.7 Å². The van der Waals surface area contributed by atoms with Crippen LogP contribution in [0.2, 0.25) is 0 Å². The molecule has 1 aliphatic rings. The van der Waals surface area contributed by atoms with Crippen LogP contribution in [-0.2, 0) is 11.2 Å². The summed E-state index contributed by atoms with van der Waals surface area (Å²) < 4.78 is 13.1. The number of pyridine rings is 1. The molecule has 5 heteroatoms. The van der Waals surface area contributed by atoms with Gasteiger partial charge in [-0.05, 0) is 48.2 Å². The average Bonchev–Trinajstić information content (AvgIpc) is 3.22. The number of nitrogens with zero attached hydrogens (tertiary/aromatic N) is 2. The quantitative estimate of drug-likeness (QED) is 0.653. The molecule has 0 spiro atoms. The van der Waals surface area contributed by atoms with Crippen molar-refractivity contribution in [2.45, 2.75) is 24.8 Å². The van der Waals surface area contributed by atoms with Gasteiger partial charge < -0.3 is 10.2 Å². The molecule has 0 bridgehead atoms. The van der Waals surface area contributed by atoms with E-state index in [4.69, 9.17) is 0 Å². The fourth-order valence-corrected chi connectivity index (χ4v) is 4.03. The maximum atomic E-state index is 13.2. The van der Waals surface area contributed by atoms with E-state index in [1.165, 1.54) is 12.1 Å². The summed E-state index contributed by atoms with van der Waals surface area (Å²) in [6, 6.07) is 22.3. The van der Waals surface area contributed by atoms with Crippen LogP contribution < -0.4 is 5.32 Å². The molecule has 2 heterocycles. The van der Waals surface area contributed by atoms with Crippen molar-refractivity contribution < 1.29 is 9.18 Å². The molecule has 30 heavy (non-hydrogen) atoms. The molecular formula is C25H26FN3O. The molecule has 1 fully saturated rings. The summed E-state index contributed by atoms with van der Waals surface area (Å²) in [5.74, 6) is -0.630. The van der Waals surface area contributed by atoms with Crippen molar-refractivity contribution in [3.05, 3.63) is 102 Å². The van der Waals surface area contributed by atoms with Crippen LogP contribution in [0.3, 0.4) is 0 Å². The summed E-state index contributed by atoms with van der Waals surface area (Å²) in [5.41, 5.74) is 2.83. The summed E-state index contributed by atoms with van der Waals surface area (Å²) in [4.78, 5) is 20.0. The molecule has 2 atom stereocenters. The van der Waals surface area contributed by atoms with Gasteiger partial charge in [0.1, 0.15) is 11.7 Å². The molecule has 154 valence electrons. The maximum absolute atomic E-state index is 13.2. The Balaban J connectivity index is 1.37. The van der Waals surface area contributed by atoms with Crippen LogP contribution >= 0.6 is 0 Å². The van der Waals surface area contributed by atoms with Crippen LogP contribution in [0, 0.1) is 5.82 Å². The lowest BCUT2D eigenvalue weighted by Crippen LogP contribution is -2.40. The smallest absolute Gasteiger partial charge is 0.233 e. The molecule has 1 aromatic heterocycles. The summed E-state index contributed by atoms with van der Waals surface area (Å²) >= 11 is 0. The fraction of sp³-hybridized carbons (Fsp3) is 0.280. The minimum absolute atomic E-state index is 0.00900. The topological polar surface area (TPSA) is 45.2 Å². The highest BCUT2D eigenvalue weighted by Crippen LogP contribution is 2.24. The zero-order valence-corrected chi connectivity index (χ0v) is 16.9. The number of hydrogen-bond acceptors (Lipinski definition) is 3. The number of rotatable bonds is 7. The predicted molar refractivity (Wildman–Crippen MR) is 116 cm³/mol. The van der Waals surface area contributed by atoms with Gasteiger partial charge in [0.2, 0.25) is 5.91 Å². The fourth-order valence-electron chi connectivity index (χ4n) is 4.03. The molecule has 1 amide bonds. The Hall–Kier alpha value is -3.05. The second-order valence-electron chi connectivity index (χ2n) is 7.77. The zero-order valence-electron chi connectivity index (χ0n) is 16.9. The van der Waals surface area contributed by atoms with Gasteiger partial charge in [-0.3, -0.25) is 9.78 Å². The number of benzene rings is 2. The molecule has 0 saturated carbocycles. The number of hydrogen-bond donors (Lipinski definition) is 1. The van der Waals surface area contributed by atoms with Gasteiger partial charge >= 0.3 is 0 Å². The number of nitrogens with one attached hydrogen (secondary N) is 1. The van der Waals surface area contributed by atoms with Crippen molar-refractivity contribution in [3.63, 3.8) is 0 Å². The second kappa shape index (κ2) is 9.63. The molecule has 1 N–H and O–H groups in total. The Kier molecular flexibility index (Phi) is 6.50. The van der Waals surface area contributed by atoms with Crippen LogP contribution in [-0.4, -0.2) is 41.5 Å². The Morgan fingerprint density at radius 2 is 1.83 bits per heavy atom. The van der Waals surface area contributed by atoms with Crippen LogP contribution in [0.25, 0.3) is 0 Å². The van der Waals surface area contributed by atoms with Crippen LogP contribution in [0.15, 0.2) is 79.0 Å². The van der Waals surface area contributed by atoms with Crippen molar-refractivity contribution in [2.24, 2.45) is 0 Å². The van der Waals surface area contributed by atoms with E-state index < -0.39 is 5.92 Å². The standard InChI is InChI=1S/C25H26FN3O/c26-21-11-9-19(10-12-21)13-16-29-17-14-22(18-29)28-25(30)24(20-6-2-1-3-7-20)23-8-4-5-15-27-23/h1-12,15,22,24H,13-14,16-18H2,(H,28,30)/t22-,24?/m0/s1. The molecule has 2 aromatic carbocycles. The van der Waals surface area contributed by atoms with Crippen molar-refractivity contribution in [2.75, 3.05) is 19.6 Å². The Bertz CT molecular complexity index is 908. The molecular weight excluding hydrogens is 377 g/mol. The second-order valence-corrected chi connectivity index (χ2v) is 7.77. The third kappa shape index (κ3) is 5.10. The molecule has 4 rings (SSSR count). The highest BCUT2D eigenvalue weighted by atomic mass is 19.1. The molecule has 3 aromatic rings. The van der Waals surface area contributed by atoms with E-state index in [0.29, 0.717) is 0 Å². The van der Waals surface area contributed by atoms with Crippen LogP contribution in [0.1, 0.15) is 29.2 Å². The Morgan fingerprint density at radius 3 is 2.57 bits per heavy atom. The first-order valence-electron chi connectivity index (χ1n) is 10.4. The maximum Gasteiger partial charge on any atom is 0.233 e. The van der Waals surface area contributed by atoms with Gasteiger partial charge in [-0.15, -0.1) is 0 Å². The molecule has 0 radical (unpaired) electrons. The first-order valence-corrected chi connectivity index (χ1v) is 10.4. The SMILES string of the molecule is O=C(N[C@H]1CCN(CCc2ccc(F)cc2)C1)C(c1ccccc1)c1ccccn1. The van der Waals surface area contributed by atoms with Crippen molar-refractivity contribution in [3.8, 4) is 0 Å². The van der Waals surface area contributed by atoms with E-state index in [2.05, 4.69) is 15.2 Å². The highest BCUT2D eigenvalue weighted by Gasteiger charge is 2.29. The van der Waals surface area contributed by atoms with E-state index >= 15 is 0 Å². The summed E-state index contributed by atoms with van der Waals surface area (Å²) in [7, 11) is 0. The third-order valence-corrected chi connectivity index (χ3v) is 5.63. The normalized spacial score (nSPS) is 17.6. The molecule has 0 aliphatic carbocycles. The molecule has 1 unspecified atom stereocenters. The van der Waals surface area contributed by atoms with Gasteiger partial charge in [0.25, 0.3) is 0 Å². The number of amides is 1. The van der Waals surface area contributed by atoms with E-state index in [-0.39, 0.29) is 17.8 Å². The Labute approximate surface area is 176 Å².